The SMILES string of the molecule is C[C@H](O)C(=O)N(C[C@@H]1CN(C(=O)OC(C)(C)C)C[C@@H]1F)[C@@H](c1nc(-c2cc(F)ccc2F)cn1Cc1ccccc1)C1CN(C(=O)CCN2C(=O)C=CC2=O)C1. The van der Waals surface area contributed by atoms with Gasteiger partial charge in [0.15, 0.2) is 0 Å². The van der Waals surface area contributed by atoms with E-state index in [1.807, 2.05) is 30.3 Å². The summed E-state index contributed by atoms with van der Waals surface area (Å²) in [7, 11) is 0. The monoisotopic (exact) mass is 778 g/mol. The molecule has 3 aromatic rings. The van der Waals surface area contributed by atoms with Crippen molar-refractivity contribution in [2.45, 2.75) is 64.6 Å². The molecule has 6 rings (SSSR count). The molecular formula is C40H45F3N6O7. The molecule has 1 N–H and O–H groups in total. The molecule has 2 aromatic carbocycles. The largest absolute Gasteiger partial charge is 0.444 e. The summed E-state index contributed by atoms with van der Waals surface area (Å²) in [5.41, 5.74) is -0.102. The summed E-state index contributed by atoms with van der Waals surface area (Å²) in [5, 5.41) is 10.8. The molecule has 0 spiro atoms. The van der Waals surface area contributed by atoms with Crippen molar-refractivity contribution in [2.24, 2.45) is 11.8 Å². The van der Waals surface area contributed by atoms with Crippen LogP contribution in [0.5, 0.6) is 0 Å². The summed E-state index contributed by atoms with van der Waals surface area (Å²) in [6.07, 6.45) is -0.192. The summed E-state index contributed by atoms with van der Waals surface area (Å²) in [6, 6.07) is 11.1. The molecule has 56 heavy (non-hydrogen) atoms. The van der Waals surface area contributed by atoms with Gasteiger partial charge in [-0.15, -0.1) is 0 Å². The molecule has 13 nitrogen and oxygen atoms in total. The lowest BCUT2D eigenvalue weighted by Gasteiger charge is -2.47. The zero-order valence-corrected chi connectivity index (χ0v) is 31.6. The van der Waals surface area contributed by atoms with Crippen LogP contribution in [0.15, 0.2) is 66.9 Å². The average Bonchev–Trinajstić information content (AvgIpc) is 3.80. The highest BCUT2D eigenvalue weighted by Gasteiger charge is 2.47. The van der Waals surface area contributed by atoms with Gasteiger partial charge in [0.05, 0.1) is 18.3 Å². The van der Waals surface area contributed by atoms with Crippen LogP contribution in [-0.4, -0.2) is 121 Å². The third-order valence-corrected chi connectivity index (χ3v) is 10.1. The standard InChI is InChI=1S/C40H45F3N6O7/c1-24(50)38(54)49(21-26-18-47(22-31(26)43)39(55)56-40(2,3)4)36(27-19-45(20-27)33(51)14-15-48-34(52)12-13-35(48)53)37-44-32(29-16-28(41)10-11-30(29)42)23-46(37)17-25-8-6-5-7-9-25/h5-13,16,23-24,26-27,31,36,50H,14-15,17-22H2,1-4H3/t24-,26-,31-,36+/m0/s1. The molecule has 0 bridgehead atoms. The van der Waals surface area contributed by atoms with Crippen LogP contribution in [0, 0.1) is 23.5 Å². The van der Waals surface area contributed by atoms with Gasteiger partial charge in [-0.05, 0) is 51.5 Å². The van der Waals surface area contributed by atoms with Crippen molar-refractivity contribution < 1.29 is 47.0 Å². The number of rotatable bonds is 12. The lowest BCUT2D eigenvalue weighted by Crippen LogP contribution is -2.58. The van der Waals surface area contributed by atoms with Crippen LogP contribution in [0.1, 0.15) is 51.5 Å². The fourth-order valence-corrected chi connectivity index (χ4v) is 7.25. The van der Waals surface area contributed by atoms with E-state index in [0.717, 1.165) is 40.8 Å². The average molecular weight is 779 g/mol. The Balaban J connectivity index is 1.37. The first-order valence-corrected chi connectivity index (χ1v) is 18.5. The van der Waals surface area contributed by atoms with Crippen molar-refractivity contribution in [3.05, 3.63) is 89.9 Å². The highest BCUT2D eigenvalue weighted by molar-refractivity contribution is 6.13. The number of carbonyl (C=O) groups is 5. The number of imidazole rings is 1. The molecule has 0 saturated carbocycles. The fraction of sp³-hybridized carbons (Fsp3) is 0.450. The number of benzene rings is 2. The molecule has 0 aliphatic carbocycles. The summed E-state index contributed by atoms with van der Waals surface area (Å²) >= 11 is 0. The minimum Gasteiger partial charge on any atom is -0.444 e. The number of hydrogen-bond acceptors (Lipinski definition) is 8. The Morgan fingerprint density at radius 1 is 0.982 bits per heavy atom. The summed E-state index contributed by atoms with van der Waals surface area (Å²) in [4.78, 5) is 74.3. The Hall–Kier alpha value is -5.51. The van der Waals surface area contributed by atoms with Gasteiger partial charge >= 0.3 is 6.09 Å². The number of aliphatic hydroxyl groups is 1. The number of carbonyl (C=O) groups excluding carboxylic acids is 5. The van der Waals surface area contributed by atoms with Crippen LogP contribution in [0.25, 0.3) is 11.3 Å². The van der Waals surface area contributed by atoms with E-state index < -0.39 is 71.2 Å². The van der Waals surface area contributed by atoms with E-state index in [1.54, 1.807) is 25.3 Å². The zero-order valence-electron chi connectivity index (χ0n) is 31.6. The zero-order chi connectivity index (χ0) is 40.5. The Morgan fingerprint density at radius 2 is 1.66 bits per heavy atom. The van der Waals surface area contributed by atoms with E-state index in [-0.39, 0.29) is 75.2 Å². The Morgan fingerprint density at radius 3 is 2.30 bits per heavy atom. The second-order valence-corrected chi connectivity index (χ2v) is 15.5. The molecule has 0 radical (unpaired) electrons. The van der Waals surface area contributed by atoms with E-state index >= 15 is 8.78 Å². The van der Waals surface area contributed by atoms with Gasteiger partial charge in [0.1, 0.15) is 35.3 Å². The van der Waals surface area contributed by atoms with Crippen LogP contribution >= 0.6 is 0 Å². The van der Waals surface area contributed by atoms with Gasteiger partial charge in [0.25, 0.3) is 17.7 Å². The number of alkyl halides is 1. The molecule has 4 heterocycles. The number of likely N-dealkylation sites (tertiary alicyclic amines) is 2. The van der Waals surface area contributed by atoms with E-state index in [1.165, 1.54) is 27.8 Å². The quantitative estimate of drug-likeness (QED) is 0.271. The third kappa shape index (κ3) is 8.96. The summed E-state index contributed by atoms with van der Waals surface area (Å²) < 4.78 is 52.8. The number of aliphatic hydroxyl groups excluding tert-OH is 1. The molecule has 1 aromatic heterocycles. The molecular weight excluding hydrogens is 733 g/mol. The molecule has 298 valence electrons. The Bertz CT molecular complexity index is 1990. The van der Waals surface area contributed by atoms with Gasteiger partial charge in [-0.3, -0.25) is 24.1 Å². The van der Waals surface area contributed by atoms with Crippen molar-refractivity contribution in [2.75, 3.05) is 39.3 Å². The van der Waals surface area contributed by atoms with Crippen LogP contribution in [-0.2, 0) is 30.5 Å². The van der Waals surface area contributed by atoms with E-state index in [0.29, 0.717) is 0 Å². The van der Waals surface area contributed by atoms with Gasteiger partial charge < -0.3 is 29.1 Å². The molecule has 5 amide bonds. The highest BCUT2D eigenvalue weighted by atomic mass is 19.1. The van der Waals surface area contributed by atoms with Gasteiger partial charge in [-0.25, -0.2) is 22.9 Å². The van der Waals surface area contributed by atoms with Crippen molar-refractivity contribution in [3.63, 3.8) is 0 Å². The van der Waals surface area contributed by atoms with Crippen molar-refractivity contribution in [3.8, 4) is 11.3 Å². The first kappa shape index (κ1) is 40.2. The van der Waals surface area contributed by atoms with Crippen molar-refractivity contribution in [1.82, 2.24) is 29.2 Å². The molecule has 2 saturated heterocycles. The summed E-state index contributed by atoms with van der Waals surface area (Å²) in [6.45, 7) is 5.89. The van der Waals surface area contributed by atoms with Crippen LogP contribution in [0.4, 0.5) is 18.0 Å². The number of aromatic nitrogens is 2. The maximum Gasteiger partial charge on any atom is 0.410 e. The van der Waals surface area contributed by atoms with Crippen LogP contribution in [0.3, 0.4) is 0 Å². The number of nitrogens with zero attached hydrogens (tertiary/aromatic N) is 6. The van der Waals surface area contributed by atoms with E-state index in [9.17, 15) is 33.5 Å². The second-order valence-electron chi connectivity index (χ2n) is 15.5. The highest BCUT2D eigenvalue weighted by Crippen LogP contribution is 2.39. The van der Waals surface area contributed by atoms with Crippen molar-refractivity contribution >= 4 is 29.7 Å². The number of ether oxygens (including phenoxy) is 1. The molecule has 2 fully saturated rings. The minimum atomic E-state index is -1.57. The minimum absolute atomic E-state index is 0.0588. The third-order valence-electron chi connectivity index (χ3n) is 10.1. The molecule has 16 heteroatoms. The normalized spacial score (nSPS) is 19.7. The Labute approximate surface area is 322 Å². The Kier molecular flexibility index (Phi) is 11.7. The van der Waals surface area contributed by atoms with Crippen LogP contribution in [0.2, 0.25) is 0 Å². The molecule has 4 atom stereocenters. The topological polar surface area (TPSA) is 146 Å². The molecule has 3 aliphatic rings. The van der Waals surface area contributed by atoms with Crippen molar-refractivity contribution in [1.29, 1.82) is 0 Å². The van der Waals surface area contributed by atoms with E-state index in [2.05, 4.69) is 0 Å². The second kappa shape index (κ2) is 16.3. The maximum atomic E-state index is 15.9. The number of imide groups is 1. The summed E-state index contributed by atoms with van der Waals surface area (Å²) in [5.74, 6) is -4.85. The smallest absolute Gasteiger partial charge is 0.410 e. The lowest BCUT2D eigenvalue weighted by atomic mass is 9.87. The van der Waals surface area contributed by atoms with Gasteiger partial charge in [0, 0.05) is 81.4 Å². The molecule has 3 aliphatic heterocycles. The number of halogens is 3. The van der Waals surface area contributed by atoms with Gasteiger partial charge in [-0.1, -0.05) is 30.3 Å². The fourth-order valence-electron chi connectivity index (χ4n) is 7.25. The predicted octanol–water partition coefficient (Wildman–Crippen LogP) is 4.11. The first-order valence-electron chi connectivity index (χ1n) is 18.5. The van der Waals surface area contributed by atoms with Gasteiger partial charge in [-0.2, -0.15) is 0 Å². The van der Waals surface area contributed by atoms with Crippen LogP contribution < -0.4 is 0 Å². The van der Waals surface area contributed by atoms with E-state index in [4.69, 9.17) is 9.72 Å². The number of amides is 5. The maximum absolute atomic E-state index is 15.9. The molecule has 0 unspecified atom stereocenters. The van der Waals surface area contributed by atoms with Gasteiger partial charge in [0.2, 0.25) is 5.91 Å². The lowest BCUT2D eigenvalue weighted by molar-refractivity contribution is -0.149. The number of hydrogen-bond donors (Lipinski definition) is 1. The first-order chi connectivity index (χ1) is 26.5. The predicted molar refractivity (Wildman–Crippen MR) is 196 cm³/mol.